The fourth-order valence-corrected chi connectivity index (χ4v) is 7.24. The molecule has 4 rings (SSSR count). The van der Waals surface area contributed by atoms with E-state index in [-0.39, 0.29) is 15.8 Å². The molecule has 1 heterocycles. The van der Waals surface area contributed by atoms with Gasteiger partial charge in [-0.15, -0.1) is 0 Å². The van der Waals surface area contributed by atoms with Crippen molar-refractivity contribution in [2.45, 2.75) is 47.9 Å². The Bertz CT molecular complexity index is 1150. The molecule has 0 aromatic heterocycles. The highest BCUT2D eigenvalue weighted by Crippen LogP contribution is 2.29. The summed E-state index contributed by atoms with van der Waals surface area (Å²) >= 11 is 0. The second-order valence-electron chi connectivity index (χ2n) is 8.49. The Morgan fingerprint density at radius 3 is 2.06 bits per heavy atom. The number of piperazine rings is 1. The maximum absolute atomic E-state index is 13.1. The number of sulfonamides is 2. The van der Waals surface area contributed by atoms with Crippen molar-refractivity contribution >= 4 is 25.7 Å². The highest BCUT2D eigenvalue weighted by atomic mass is 32.2. The van der Waals surface area contributed by atoms with Gasteiger partial charge in [0.1, 0.15) is 5.75 Å². The zero-order valence-electron chi connectivity index (χ0n) is 18.8. The van der Waals surface area contributed by atoms with Gasteiger partial charge in [-0.25, -0.2) is 21.6 Å². The van der Waals surface area contributed by atoms with Crippen LogP contribution in [-0.2, 0) is 20.0 Å². The van der Waals surface area contributed by atoms with Crippen LogP contribution in [0.4, 0.5) is 5.69 Å². The second kappa shape index (κ2) is 10.0. The summed E-state index contributed by atoms with van der Waals surface area (Å²) in [6.45, 7) is 1.75. The standard InChI is InChI=1S/C23H31N3O5S2/c1-31-23-10-6-5-9-22(23)25-15-17-26(18-16-25)33(29,30)21-13-11-20(12-14-21)32(27,28)24-19-7-3-2-4-8-19/h5-6,9-14,19,24H,2-4,7-8,15-18H2,1H3. The van der Waals surface area contributed by atoms with Gasteiger partial charge in [0.15, 0.2) is 0 Å². The molecule has 10 heteroatoms. The highest BCUT2D eigenvalue weighted by Gasteiger charge is 2.30. The van der Waals surface area contributed by atoms with Crippen molar-refractivity contribution in [2.75, 3.05) is 38.2 Å². The van der Waals surface area contributed by atoms with Crippen LogP contribution in [0, 0.1) is 0 Å². The van der Waals surface area contributed by atoms with E-state index in [4.69, 9.17) is 4.74 Å². The van der Waals surface area contributed by atoms with Gasteiger partial charge < -0.3 is 9.64 Å². The maximum Gasteiger partial charge on any atom is 0.243 e. The molecule has 2 aromatic rings. The Kier molecular flexibility index (Phi) is 7.28. The lowest BCUT2D eigenvalue weighted by atomic mass is 9.96. The van der Waals surface area contributed by atoms with E-state index in [0.29, 0.717) is 26.2 Å². The first-order valence-electron chi connectivity index (χ1n) is 11.3. The SMILES string of the molecule is COc1ccccc1N1CCN(S(=O)(=O)c2ccc(S(=O)(=O)NC3CCCCC3)cc2)CC1. The van der Waals surface area contributed by atoms with Crippen LogP contribution < -0.4 is 14.4 Å². The van der Waals surface area contributed by atoms with Crippen molar-refractivity contribution in [1.82, 2.24) is 9.03 Å². The summed E-state index contributed by atoms with van der Waals surface area (Å²) in [4.78, 5) is 2.30. The van der Waals surface area contributed by atoms with Gasteiger partial charge in [-0.05, 0) is 49.2 Å². The largest absolute Gasteiger partial charge is 0.495 e. The number of hydrogen-bond donors (Lipinski definition) is 1. The van der Waals surface area contributed by atoms with Gasteiger partial charge >= 0.3 is 0 Å². The van der Waals surface area contributed by atoms with E-state index in [1.54, 1.807) is 7.11 Å². The zero-order valence-corrected chi connectivity index (χ0v) is 20.4. The van der Waals surface area contributed by atoms with Crippen LogP contribution in [0.2, 0.25) is 0 Å². The number of anilines is 1. The van der Waals surface area contributed by atoms with Gasteiger partial charge in [0.2, 0.25) is 20.0 Å². The van der Waals surface area contributed by atoms with Crippen LogP contribution in [0.25, 0.3) is 0 Å². The average Bonchev–Trinajstić information content (AvgIpc) is 2.84. The minimum atomic E-state index is -3.71. The van der Waals surface area contributed by atoms with Crippen LogP contribution in [0.1, 0.15) is 32.1 Å². The summed E-state index contributed by atoms with van der Waals surface area (Å²) in [5.41, 5.74) is 0.942. The van der Waals surface area contributed by atoms with Gasteiger partial charge in [-0.1, -0.05) is 31.4 Å². The number of para-hydroxylation sites is 2. The van der Waals surface area contributed by atoms with E-state index in [0.717, 1.165) is 43.5 Å². The average molecular weight is 494 g/mol. The van der Waals surface area contributed by atoms with Crippen molar-refractivity contribution in [2.24, 2.45) is 0 Å². The van der Waals surface area contributed by atoms with E-state index in [1.165, 1.54) is 28.6 Å². The molecule has 2 aliphatic rings. The second-order valence-corrected chi connectivity index (χ2v) is 12.1. The number of nitrogens with one attached hydrogen (secondary N) is 1. The molecule has 0 radical (unpaired) electrons. The molecule has 33 heavy (non-hydrogen) atoms. The van der Waals surface area contributed by atoms with Crippen LogP contribution in [-0.4, -0.2) is 60.5 Å². The first kappa shape index (κ1) is 24.0. The van der Waals surface area contributed by atoms with Crippen LogP contribution >= 0.6 is 0 Å². The van der Waals surface area contributed by atoms with Crippen LogP contribution in [0.15, 0.2) is 58.3 Å². The molecule has 1 aliphatic heterocycles. The fourth-order valence-electron chi connectivity index (χ4n) is 4.51. The van der Waals surface area contributed by atoms with Gasteiger partial charge in [0.05, 0.1) is 22.6 Å². The maximum atomic E-state index is 13.1. The van der Waals surface area contributed by atoms with Gasteiger partial charge in [0, 0.05) is 32.2 Å². The third kappa shape index (κ3) is 5.34. The quantitative estimate of drug-likeness (QED) is 0.637. The molecule has 0 spiro atoms. The van der Waals surface area contributed by atoms with E-state index in [9.17, 15) is 16.8 Å². The molecule has 2 aromatic carbocycles. The fraction of sp³-hybridized carbons (Fsp3) is 0.478. The summed E-state index contributed by atoms with van der Waals surface area (Å²) in [6.07, 6.45) is 4.86. The highest BCUT2D eigenvalue weighted by molar-refractivity contribution is 7.89. The first-order valence-corrected chi connectivity index (χ1v) is 14.2. The van der Waals surface area contributed by atoms with E-state index in [2.05, 4.69) is 9.62 Å². The van der Waals surface area contributed by atoms with Crippen molar-refractivity contribution in [3.05, 3.63) is 48.5 Å². The van der Waals surface area contributed by atoms with E-state index in [1.807, 2.05) is 24.3 Å². The molecule has 1 N–H and O–H groups in total. The number of hydrogen-bond acceptors (Lipinski definition) is 6. The lowest BCUT2D eigenvalue weighted by Gasteiger charge is -2.35. The molecule has 1 saturated carbocycles. The molecule has 2 fully saturated rings. The summed E-state index contributed by atoms with van der Waals surface area (Å²) in [7, 11) is -5.76. The van der Waals surface area contributed by atoms with Gasteiger partial charge in [0.25, 0.3) is 0 Å². The number of benzene rings is 2. The Morgan fingerprint density at radius 2 is 1.42 bits per heavy atom. The van der Waals surface area contributed by atoms with Crippen molar-refractivity contribution in [3.8, 4) is 5.75 Å². The van der Waals surface area contributed by atoms with Crippen LogP contribution in [0.3, 0.4) is 0 Å². The molecule has 1 saturated heterocycles. The molecule has 0 bridgehead atoms. The normalized spacial score (nSPS) is 18.9. The lowest BCUT2D eigenvalue weighted by molar-refractivity contribution is 0.378. The molecular formula is C23H31N3O5S2. The monoisotopic (exact) mass is 493 g/mol. The summed E-state index contributed by atoms with van der Waals surface area (Å²) in [5.74, 6) is 0.757. The van der Waals surface area contributed by atoms with E-state index >= 15 is 0 Å². The Balaban J connectivity index is 1.42. The molecular weight excluding hydrogens is 462 g/mol. The number of ether oxygens (including phenoxy) is 1. The summed E-state index contributed by atoms with van der Waals surface area (Å²) < 4.78 is 61.3. The molecule has 0 amide bonds. The topological polar surface area (TPSA) is 96.0 Å². The molecule has 1 aliphatic carbocycles. The molecule has 8 nitrogen and oxygen atoms in total. The Hall–Kier alpha value is -2.14. The summed E-state index contributed by atoms with van der Waals surface area (Å²) in [6, 6.07) is 13.2. The molecule has 0 atom stereocenters. The third-order valence-electron chi connectivity index (χ3n) is 6.36. The van der Waals surface area contributed by atoms with Gasteiger partial charge in [-0.2, -0.15) is 4.31 Å². The zero-order chi connectivity index (χ0) is 23.5. The first-order chi connectivity index (χ1) is 15.8. The van der Waals surface area contributed by atoms with Crippen molar-refractivity contribution < 1.29 is 21.6 Å². The number of rotatable bonds is 7. The van der Waals surface area contributed by atoms with Crippen LogP contribution in [0.5, 0.6) is 5.75 Å². The minimum absolute atomic E-state index is 0.0494. The van der Waals surface area contributed by atoms with Crippen molar-refractivity contribution in [1.29, 1.82) is 0 Å². The number of nitrogens with zero attached hydrogens (tertiary/aromatic N) is 2. The third-order valence-corrected chi connectivity index (χ3v) is 9.81. The van der Waals surface area contributed by atoms with Gasteiger partial charge in [-0.3, -0.25) is 0 Å². The Labute approximate surface area is 196 Å². The van der Waals surface area contributed by atoms with Crippen molar-refractivity contribution in [3.63, 3.8) is 0 Å². The predicted octanol–water partition coefficient (Wildman–Crippen LogP) is 2.82. The van der Waals surface area contributed by atoms with E-state index < -0.39 is 20.0 Å². The molecule has 180 valence electrons. The number of methoxy groups -OCH3 is 1. The molecule has 0 unspecified atom stereocenters. The Morgan fingerprint density at radius 1 is 0.818 bits per heavy atom. The summed E-state index contributed by atoms with van der Waals surface area (Å²) in [5, 5.41) is 0. The predicted molar refractivity (Wildman–Crippen MR) is 128 cm³/mol. The smallest absolute Gasteiger partial charge is 0.243 e. The minimum Gasteiger partial charge on any atom is -0.495 e. The lowest BCUT2D eigenvalue weighted by Crippen LogP contribution is -2.48.